The van der Waals surface area contributed by atoms with Crippen molar-refractivity contribution in [1.29, 1.82) is 0 Å². The molecule has 4 aromatic rings. The largest absolute Gasteiger partial charge is 0.326 e. The molecular weight excluding hydrogens is 336 g/mol. The zero-order chi connectivity index (χ0) is 18.6. The van der Waals surface area contributed by atoms with Gasteiger partial charge in [0.05, 0.1) is 11.6 Å². The van der Waals surface area contributed by atoms with Crippen LogP contribution in [0.2, 0.25) is 0 Å². The predicted octanol–water partition coefficient (Wildman–Crippen LogP) is 4.53. The highest BCUT2D eigenvalue weighted by Gasteiger charge is 2.18. The number of nitrogens with zero attached hydrogens (tertiary/aromatic N) is 3. The summed E-state index contributed by atoms with van der Waals surface area (Å²) in [5.74, 6) is 0.476. The van der Waals surface area contributed by atoms with E-state index >= 15 is 0 Å². The highest BCUT2D eigenvalue weighted by atomic mass is 16.1. The van der Waals surface area contributed by atoms with Crippen LogP contribution < -0.4 is 5.32 Å². The van der Waals surface area contributed by atoms with Gasteiger partial charge in [-0.05, 0) is 30.2 Å². The van der Waals surface area contributed by atoms with Gasteiger partial charge in [0.25, 0.3) is 0 Å². The maximum Gasteiger partial charge on any atom is 0.234 e. The molecule has 5 nitrogen and oxygen atoms in total. The second-order valence-electron chi connectivity index (χ2n) is 6.39. The van der Waals surface area contributed by atoms with Crippen LogP contribution in [0.15, 0.2) is 79.3 Å². The summed E-state index contributed by atoms with van der Waals surface area (Å²) in [6, 6.07) is 19.5. The highest BCUT2D eigenvalue weighted by molar-refractivity contribution is 5.96. The van der Waals surface area contributed by atoms with Crippen molar-refractivity contribution in [2.24, 2.45) is 0 Å². The zero-order valence-electron chi connectivity index (χ0n) is 15.0. The van der Waals surface area contributed by atoms with Crippen molar-refractivity contribution >= 4 is 17.4 Å². The van der Waals surface area contributed by atoms with Crippen LogP contribution in [0.4, 0.5) is 5.69 Å². The minimum Gasteiger partial charge on any atom is -0.326 e. The van der Waals surface area contributed by atoms with Crippen LogP contribution in [0.3, 0.4) is 0 Å². The van der Waals surface area contributed by atoms with Crippen LogP contribution in [0.1, 0.15) is 24.8 Å². The number of hydrogen-bond acceptors (Lipinski definition) is 3. The molecule has 0 unspecified atom stereocenters. The van der Waals surface area contributed by atoms with Crippen molar-refractivity contribution in [3.8, 4) is 11.3 Å². The van der Waals surface area contributed by atoms with Crippen LogP contribution in [-0.4, -0.2) is 20.3 Å². The summed E-state index contributed by atoms with van der Waals surface area (Å²) in [5.41, 5.74) is 3.54. The van der Waals surface area contributed by atoms with E-state index in [1.165, 1.54) is 0 Å². The number of hydrogen-bond donors (Lipinski definition) is 1. The second-order valence-corrected chi connectivity index (χ2v) is 6.39. The fourth-order valence-corrected chi connectivity index (χ4v) is 3.21. The number of fused-ring (bicyclic) bond motifs is 1. The Kier molecular flexibility index (Phi) is 4.66. The molecule has 5 heteroatoms. The van der Waals surface area contributed by atoms with Crippen molar-refractivity contribution in [2.45, 2.75) is 19.3 Å². The standard InChI is InChI=1S/C22H20N4O/c1-2-19(16-8-4-3-5-9-16)21(27)24-18-11-6-10-17(14-18)20-15-26-13-7-12-23-22(26)25-20/h3-15,19H,2H2,1H3,(H,24,27)/t19-/m0/s1. The molecule has 1 N–H and O–H groups in total. The molecule has 1 amide bonds. The van der Waals surface area contributed by atoms with E-state index in [1.54, 1.807) is 6.20 Å². The molecule has 0 aliphatic carbocycles. The van der Waals surface area contributed by atoms with E-state index in [0.29, 0.717) is 5.78 Å². The number of rotatable bonds is 5. The maximum absolute atomic E-state index is 12.8. The molecular formula is C22H20N4O. The van der Waals surface area contributed by atoms with Gasteiger partial charge < -0.3 is 5.32 Å². The van der Waals surface area contributed by atoms with Gasteiger partial charge >= 0.3 is 0 Å². The molecule has 1 atom stereocenters. The Bertz CT molecular complexity index is 1040. The van der Waals surface area contributed by atoms with Gasteiger partial charge in [-0.15, -0.1) is 0 Å². The Morgan fingerprint density at radius 1 is 1.11 bits per heavy atom. The highest BCUT2D eigenvalue weighted by Crippen LogP contribution is 2.25. The molecule has 0 fully saturated rings. The first-order valence-corrected chi connectivity index (χ1v) is 9.00. The van der Waals surface area contributed by atoms with Gasteiger partial charge in [-0.3, -0.25) is 9.20 Å². The van der Waals surface area contributed by atoms with E-state index in [2.05, 4.69) is 15.3 Å². The van der Waals surface area contributed by atoms with E-state index in [-0.39, 0.29) is 11.8 Å². The van der Waals surface area contributed by atoms with E-state index < -0.39 is 0 Å². The Balaban J connectivity index is 1.58. The molecule has 0 saturated carbocycles. The first kappa shape index (κ1) is 17.0. The maximum atomic E-state index is 12.8. The molecule has 0 aliphatic rings. The number of imidazole rings is 1. The summed E-state index contributed by atoms with van der Waals surface area (Å²) in [6.07, 6.45) is 6.31. The van der Waals surface area contributed by atoms with Gasteiger partial charge in [-0.2, -0.15) is 0 Å². The lowest BCUT2D eigenvalue weighted by molar-refractivity contribution is -0.117. The molecule has 0 saturated heterocycles. The normalized spacial score (nSPS) is 12.0. The molecule has 2 heterocycles. The molecule has 0 aliphatic heterocycles. The third-order valence-electron chi connectivity index (χ3n) is 4.59. The monoisotopic (exact) mass is 356 g/mol. The Hall–Kier alpha value is -3.47. The topological polar surface area (TPSA) is 59.3 Å². The van der Waals surface area contributed by atoms with Crippen LogP contribution in [0, 0.1) is 0 Å². The number of aromatic nitrogens is 3. The molecule has 2 aromatic heterocycles. The molecule has 134 valence electrons. The average molecular weight is 356 g/mol. The molecule has 27 heavy (non-hydrogen) atoms. The number of benzene rings is 2. The van der Waals surface area contributed by atoms with Gasteiger partial charge in [0.2, 0.25) is 11.7 Å². The summed E-state index contributed by atoms with van der Waals surface area (Å²) in [4.78, 5) is 21.6. The average Bonchev–Trinajstić information content (AvgIpc) is 3.14. The number of anilines is 1. The van der Waals surface area contributed by atoms with Gasteiger partial charge in [-0.1, -0.05) is 49.4 Å². The molecule has 0 radical (unpaired) electrons. The van der Waals surface area contributed by atoms with Crippen molar-refractivity contribution in [3.05, 3.63) is 84.8 Å². The third kappa shape index (κ3) is 3.58. The van der Waals surface area contributed by atoms with Crippen molar-refractivity contribution in [3.63, 3.8) is 0 Å². The lowest BCUT2D eigenvalue weighted by Gasteiger charge is -2.15. The Morgan fingerprint density at radius 2 is 1.96 bits per heavy atom. The zero-order valence-corrected chi connectivity index (χ0v) is 15.0. The van der Waals surface area contributed by atoms with Gasteiger partial charge in [-0.25, -0.2) is 9.97 Å². The lowest BCUT2D eigenvalue weighted by atomic mass is 9.95. The van der Waals surface area contributed by atoms with Crippen LogP contribution in [-0.2, 0) is 4.79 Å². The summed E-state index contributed by atoms with van der Waals surface area (Å²) in [6.45, 7) is 2.03. The van der Waals surface area contributed by atoms with E-state index in [9.17, 15) is 4.79 Å². The fourth-order valence-electron chi connectivity index (χ4n) is 3.21. The van der Waals surface area contributed by atoms with Gasteiger partial charge in [0.15, 0.2) is 0 Å². The van der Waals surface area contributed by atoms with Crippen LogP contribution in [0.25, 0.3) is 17.0 Å². The molecule has 0 spiro atoms. The van der Waals surface area contributed by atoms with Gasteiger partial charge in [0, 0.05) is 29.8 Å². The van der Waals surface area contributed by atoms with Crippen molar-refractivity contribution in [1.82, 2.24) is 14.4 Å². The summed E-state index contributed by atoms with van der Waals surface area (Å²) < 4.78 is 1.88. The predicted molar refractivity (Wildman–Crippen MR) is 107 cm³/mol. The van der Waals surface area contributed by atoms with Crippen molar-refractivity contribution < 1.29 is 4.79 Å². The fraction of sp³-hybridized carbons (Fsp3) is 0.136. The summed E-state index contributed by atoms with van der Waals surface area (Å²) >= 11 is 0. The number of carbonyl (C=O) groups is 1. The first-order valence-electron chi connectivity index (χ1n) is 9.00. The molecule has 0 bridgehead atoms. The van der Waals surface area contributed by atoms with Crippen LogP contribution in [0.5, 0.6) is 0 Å². The van der Waals surface area contributed by atoms with Crippen LogP contribution >= 0.6 is 0 Å². The second kappa shape index (κ2) is 7.41. The molecule has 2 aromatic carbocycles. The molecule has 4 rings (SSSR count). The lowest BCUT2D eigenvalue weighted by Crippen LogP contribution is -2.20. The smallest absolute Gasteiger partial charge is 0.234 e. The van der Waals surface area contributed by atoms with Crippen molar-refractivity contribution in [2.75, 3.05) is 5.32 Å². The number of nitrogens with one attached hydrogen (secondary N) is 1. The van der Waals surface area contributed by atoms with E-state index in [0.717, 1.165) is 28.9 Å². The minimum absolute atomic E-state index is 0.00230. The Labute approximate surface area is 157 Å². The summed E-state index contributed by atoms with van der Waals surface area (Å²) in [7, 11) is 0. The third-order valence-corrected chi connectivity index (χ3v) is 4.59. The minimum atomic E-state index is -0.172. The Morgan fingerprint density at radius 3 is 2.74 bits per heavy atom. The first-order chi connectivity index (χ1) is 13.2. The SMILES string of the molecule is CC[C@H](C(=O)Nc1cccc(-c2cn3cccnc3n2)c1)c1ccccc1. The number of amides is 1. The van der Waals surface area contributed by atoms with Gasteiger partial charge in [0.1, 0.15) is 0 Å². The number of carbonyl (C=O) groups excluding carboxylic acids is 1. The van der Waals surface area contributed by atoms with E-state index in [4.69, 9.17) is 0 Å². The van der Waals surface area contributed by atoms with E-state index in [1.807, 2.05) is 84.4 Å². The quantitative estimate of drug-likeness (QED) is 0.571. The summed E-state index contributed by atoms with van der Waals surface area (Å²) in [5, 5.41) is 3.05.